The number of cyclic esters (lactones) is 1. The zero-order valence-corrected chi connectivity index (χ0v) is 22.9. The number of hydrogen-bond acceptors (Lipinski definition) is 10. The summed E-state index contributed by atoms with van der Waals surface area (Å²) < 4.78 is 17.1. The number of carbonyl (C=O) groups excluding carboxylic acids is 4. The summed E-state index contributed by atoms with van der Waals surface area (Å²) in [6.45, 7) is 4.78. The van der Waals surface area contributed by atoms with E-state index in [1.165, 1.54) is 20.2 Å². The van der Waals surface area contributed by atoms with E-state index in [4.69, 9.17) is 14.2 Å². The van der Waals surface area contributed by atoms with Gasteiger partial charge < -0.3 is 29.7 Å². The molecule has 1 heterocycles. The third kappa shape index (κ3) is 4.14. The maximum absolute atomic E-state index is 14.0. The summed E-state index contributed by atoms with van der Waals surface area (Å²) >= 11 is 0. The van der Waals surface area contributed by atoms with Crippen molar-refractivity contribution in [3.8, 4) is 0 Å². The maximum Gasteiger partial charge on any atom is 0.340 e. The summed E-state index contributed by atoms with van der Waals surface area (Å²) in [7, 11) is 1.46. The third-order valence-electron chi connectivity index (χ3n) is 9.59. The molecule has 0 aromatic heterocycles. The molecule has 212 valence electrons. The van der Waals surface area contributed by atoms with E-state index in [0.29, 0.717) is 24.8 Å². The molecule has 1 saturated heterocycles. The number of nitrogens with one attached hydrogen (secondary N) is 1. The zero-order chi connectivity index (χ0) is 28.3. The predicted octanol–water partition coefficient (Wildman–Crippen LogP) is 2.35. The predicted molar refractivity (Wildman–Crippen MR) is 137 cm³/mol. The van der Waals surface area contributed by atoms with Crippen molar-refractivity contribution in [2.75, 3.05) is 13.7 Å². The summed E-state index contributed by atoms with van der Waals surface area (Å²) in [4.78, 5) is 52.6. The number of esters is 2. The van der Waals surface area contributed by atoms with Gasteiger partial charge in [-0.3, -0.25) is 14.4 Å². The molecule has 5 aliphatic rings. The lowest BCUT2D eigenvalue weighted by molar-refractivity contribution is -0.160. The van der Waals surface area contributed by atoms with Crippen LogP contribution in [-0.2, 0) is 33.4 Å². The van der Waals surface area contributed by atoms with E-state index in [2.05, 4.69) is 5.32 Å². The molecule has 0 amide bonds. The Bertz CT molecular complexity index is 1220. The summed E-state index contributed by atoms with van der Waals surface area (Å²) in [5.74, 6) is -3.06. The largest absolute Gasteiger partial charge is 0.504 e. The smallest absolute Gasteiger partial charge is 0.340 e. The molecule has 4 aliphatic carbocycles. The van der Waals surface area contributed by atoms with Crippen LogP contribution in [-0.4, -0.2) is 71.8 Å². The number of carbonyl (C=O) groups is 4. The number of fused-ring (bicyclic) bond motifs is 4. The van der Waals surface area contributed by atoms with Gasteiger partial charge in [-0.1, -0.05) is 19.8 Å². The Balaban J connectivity index is 1.69. The van der Waals surface area contributed by atoms with Gasteiger partial charge in [0.15, 0.2) is 5.76 Å². The van der Waals surface area contributed by atoms with Crippen molar-refractivity contribution in [2.24, 2.45) is 16.7 Å². The first-order chi connectivity index (χ1) is 18.4. The van der Waals surface area contributed by atoms with Gasteiger partial charge in [0.25, 0.3) is 0 Å². The molecule has 2 saturated carbocycles. The fraction of sp³-hybridized carbons (Fsp3) is 0.655. The van der Waals surface area contributed by atoms with E-state index in [0.717, 1.165) is 12.8 Å². The van der Waals surface area contributed by atoms with Gasteiger partial charge >= 0.3 is 11.9 Å². The van der Waals surface area contributed by atoms with Crippen molar-refractivity contribution in [2.45, 2.75) is 90.1 Å². The number of ketones is 2. The highest BCUT2D eigenvalue weighted by molar-refractivity contribution is 6.14. The van der Waals surface area contributed by atoms with Gasteiger partial charge in [-0.05, 0) is 31.8 Å². The van der Waals surface area contributed by atoms with E-state index in [9.17, 15) is 29.4 Å². The quantitative estimate of drug-likeness (QED) is 0.348. The fourth-order valence-corrected chi connectivity index (χ4v) is 7.59. The molecule has 0 bridgehead atoms. The van der Waals surface area contributed by atoms with E-state index in [-0.39, 0.29) is 48.0 Å². The van der Waals surface area contributed by atoms with E-state index >= 15 is 0 Å². The van der Waals surface area contributed by atoms with Gasteiger partial charge in [0.05, 0.1) is 29.7 Å². The lowest BCUT2D eigenvalue weighted by Gasteiger charge is -2.53. The van der Waals surface area contributed by atoms with Crippen LogP contribution in [0.15, 0.2) is 34.3 Å². The fourth-order valence-electron chi connectivity index (χ4n) is 7.59. The topological polar surface area (TPSA) is 148 Å². The average Bonchev–Trinajstić information content (AvgIpc) is 3.17. The number of aliphatic hydroxyl groups excluding tert-OH is 2. The van der Waals surface area contributed by atoms with Crippen LogP contribution >= 0.6 is 0 Å². The molecule has 0 aromatic rings. The summed E-state index contributed by atoms with van der Waals surface area (Å²) in [6, 6.07) is -0.299. The van der Waals surface area contributed by atoms with Crippen molar-refractivity contribution in [1.82, 2.24) is 5.32 Å². The van der Waals surface area contributed by atoms with Crippen molar-refractivity contribution < 1.29 is 43.6 Å². The van der Waals surface area contributed by atoms with Crippen LogP contribution in [0.5, 0.6) is 0 Å². The highest BCUT2D eigenvalue weighted by Gasteiger charge is 2.64. The highest BCUT2D eigenvalue weighted by Crippen LogP contribution is 2.62. The van der Waals surface area contributed by atoms with E-state index in [1.807, 2.05) is 0 Å². The van der Waals surface area contributed by atoms with E-state index in [1.54, 1.807) is 13.8 Å². The molecule has 0 radical (unpaired) electrons. The molecule has 0 aromatic carbocycles. The highest BCUT2D eigenvalue weighted by atomic mass is 16.6. The van der Waals surface area contributed by atoms with Crippen LogP contribution in [0.2, 0.25) is 0 Å². The standard InChI is InChI=1S/C29H37NO9/c1-14(31)38-19-11-28(2)16(9-10-20(28)33)22-24(19)29(3)21(13-37-4)39-27(36)15(23(29)26(35)25(22)34)12-30-17-7-5-6-8-18(17)32/h12,16-19,21,30,32,35H,5-11,13H2,1-4H3/b15-12-/t16-,17+,18+,19+,21+,28-,29-/m0/s1. The molecule has 1 aliphatic heterocycles. The minimum atomic E-state index is -1.29. The summed E-state index contributed by atoms with van der Waals surface area (Å²) in [6.07, 6.45) is 2.99. The van der Waals surface area contributed by atoms with Crippen LogP contribution in [0, 0.1) is 16.7 Å². The Hall–Kier alpha value is -2.98. The minimum absolute atomic E-state index is 0.0113. The molecule has 0 spiro atoms. The van der Waals surface area contributed by atoms with Crippen LogP contribution in [0.1, 0.15) is 65.7 Å². The van der Waals surface area contributed by atoms with Crippen LogP contribution < -0.4 is 5.32 Å². The molecule has 10 nitrogen and oxygen atoms in total. The first-order valence-electron chi connectivity index (χ1n) is 13.7. The van der Waals surface area contributed by atoms with Crippen molar-refractivity contribution in [3.63, 3.8) is 0 Å². The maximum atomic E-state index is 14.0. The lowest BCUT2D eigenvalue weighted by atomic mass is 9.53. The number of methoxy groups -OCH3 is 1. The number of aliphatic hydroxyl groups is 2. The molecular formula is C29H37NO9. The van der Waals surface area contributed by atoms with Crippen LogP contribution in [0.4, 0.5) is 0 Å². The van der Waals surface area contributed by atoms with Crippen molar-refractivity contribution in [3.05, 3.63) is 34.3 Å². The third-order valence-corrected chi connectivity index (χ3v) is 9.59. The second-order valence-corrected chi connectivity index (χ2v) is 11.8. The number of allylic oxidation sites excluding steroid dienone is 1. The Morgan fingerprint density at radius 3 is 2.56 bits per heavy atom. The van der Waals surface area contributed by atoms with Crippen LogP contribution in [0.3, 0.4) is 0 Å². The Kier molecular flexibility index (Phi) is 6.99. The van der Waals surface area contributed by atoms with Crippen molar-refractivity contribution in [1.29, 1.82) is 0 Å². The number of Topliss-reactive ketones (excluding diaryl/α,β-unsaturated/α-hetero) is 2. The molecule has 39 heavy (non-hydrogen) atoms. The van der Waals surface area contributed by atoms with Gasteiger partial charge in [-0.25, -0.2) is 4.79 Å². The zero-order valence-electron chi connectivity index (χ0n) is 22.9. The molecular weight excluding hydrogens is 506 g/mol. The van der Waals surface area contributed by atoms with Gasteiger partial charge in [0, 0.05) is 55.6 Å². The van der Waals surface area contributed by atoms with Gasteiger partial charge in [-0.2, -0.15) is 0 Å². The van der Waals surface area contributed by atoms with Gasteiger partial charge in [0.2, 0.25) is 5.78 Å². The average molecular weight is 544 g/mol. The summed E-state index contributed by atoms with van der Waals surface area (Å²) in [5, 5.41) is 25.1. The molecule has 7 atom stereocenters. The first kappa shape index (κ1) is 27.6. The number of ether oxygens (including phenoxy) is 3. The molecule has 5 rings (SSSR count). The Morgan fingerprint density at radius 1 is 1.18 bits per heavy atom. The van der Waals surface area contributed by atoms with Gasteiger partial charge in [-0.15, -0.1) is 0 Å². The van der Waals surface area contributed by atoms with Crippen molar-refractivity contribution >= 4 is 23.5 Å². The van der Waals surface area contributed by atoms with E-state index < -0.39 is 58.5 Å². The molecule has 3 N–H and O–H groups in total. The lowest BCUT2D eigenvalue weighted by Crippen LogP contribution is -2.57. The number of rotatable bonds is 5. The Labute approximate surface area is 227 Å². The molecule has 0 unspecified atom stereocenters. The molecule has 3 fully saturated rings. The SMILES string of the molecule is COC[C@H]1OC(=O)/C(=C\N[C@@H]2CCCC[C@H]2O)C2=C(O)C(=O)C3=C([C@H](OC(C)=O)C[C@]4(C)C(=O)CC[C@@H]34)[C@]21C. The Morgan fingerprint density at radius 2 is 1.90 bits per heavy atom. The molecule has 10 heteroatoms. The normalized spacial score (nSPS) is 39.3. The number of hydrogen-bond donors (Lipinski definition) is 3. The van der Waals surface area contributed by atoms with Crippen LogP contribution in [0.25, 0.3) is 0 Å². The summed E-state index contributed by atoms with van der Waals surface area (Å²) in [5.41, 5.74) is -1.46. The first-order valence-corrected chi connectivity index (χ1v) is 13.7. The minimum Gasteiger partial charge on any atom is -0.504 e. The second-order valence-electron chi connectivity index (χ2n) is 11.8. The second kappa shape index (κ2) is 9.89. The van der Waals surface area contributed by atoms with Gasteiger partial charge in [0.1, 0.15) is 18.0 Å². The monoisotopic (exact) mass is 543 g/mol.